The van der Waals surface area contributed by atoms with Crippen LogP contribution in [0.4, 0.5) is 5.69 Å². The Labute approximate surface area is 123 Å². The third kappa shape index (κ3) is 2.73. The zero-order valence-electron chi connectivity index (χ0n) is 12.1. The van der Waals surface area contributed by atoms with Gasteiger partial charge in [-0.1, -0.05) is 0 Å². The van der Waals surface area contributed by atoms with Gasteiger partial charge in [0.25, 0.3) is 0 Å². The van der Waals surface area contributed by atoms with E-state index in [0.717, 1.165) is 37.2 Å². The molecule has 1 amide bonds. The second-order valence-corrected chi connectivity index (χ2v) is 6.01. The fourth-order valence-electron chi connectivity index (χ4n) is 3.47. The first-order valence-electron chi connectivity index (χ1n) is 7.43. The number of carbonyl (C=O) groups is 2. The van der Waals surface area contributed by atoms with E-state index < -0.39 is 5.97 Å². The van der Waals surface area contributed by atoms with Crippen LogP contribution >= 0.6 is 0 Å². The highest BCUT2D eigenvalue weighted by molar-refractivity contribution is 5.88. The molecule has 5 heteroatoms. The molecule has 0 radical (unpaired) electrons. The third-order valence-electron chi connectivity index (χ3n) is 4.61. The number of anilines is 1. The number of piperidine rings is 2. The van der Waals surface area contributed by atoms with Crippen molar-refractivity contribution in [2.24, 2.45) is 5.92 Å². The average molecular weight is 288 g/mol. The van der Waals surface area contributed by atoms with Crippen LogP contribution in [0.2, 0.25) is 0 Å². The molecule has 2 N–H and O–H groups in total. The molecule has 2 unspecified atom stereocenters. The third-order valence-corrected chi connectivity index (χ3v) is 4.61. The van der Waals surface area contributed by atoms with Crippen molar-refractivity contribution in [3.05, 3.63) is 29.3 Å². The minimum Gasteiger partial charge on any atom is -0.478 e. The number of nitrogens with one attached hydrogen (secondary N) is 1. The van der Waals surface area contributed by atoms with Gasteiger partial charge in [0, 0.05) is 31.2 Å². The second kappa shape index (κ2) is 5.39. The lowest BCUT2D eigenvalue weighted by Gasteiger charge is -2.42. The molecule has 0 aliphatic carbocycles. The number of rotatable bonds is 2. The summed E-state index contributed by atoms with van der Waals surface area (Å²) in [4.78, 5) is 24.8. The van der Waals surface area contributed by atoms with Gasteiger partial charge in [0.2, 0.25) is 5.91 Å². The summed E-state index contributed by atoms with van der Waals surface area (Å²) in [6, 6.07) is 5.60. The molecule has 2 atom stereocenters. The summed E-state index contributed by atoms with van der Waals surface area (Å²) >= 11 is 0. The van der Waals surface area contributed by atoms with E-state index in [-0.39, 0.29) is 5.91 Å². The standard InChI is InChI=1S/C16H20N2O3/c1-10-8-11(16(20)21)2-4-14(10)18-7-6-13-12(9-18)3-5-15(19)17-13/h2,4,8,12-13H,3,5-7,9H2,1H3,(H,17,19)(H,20,21). The average Bonchev–Trinajstić information content (AvgIpc) is 2.46. The van der Waals surface area contributed by atoms with Crippen LogP contribution in [0.1, 0.15) is 35.2 Å². The maximum atomic E-state index is 11.4. The van der Waals surface area contributed by atoms with Crippen LogP contribution in [0.25, 0.3) is 0 Å². The van der Waals surface area contributed by atoms with Crippen molar-refractivity contribution in [2.45, 2.75) is 32.2 Å². The molecule has 5 nitrogen and oxygen atoms in total. The van der Waals surface area contributed by atoms with Crippen LogP contribution in [0.5, 0.6) is 0 Å². The molecule has 1 aromatic carbocycles. The van der Waals surface area contributed by atoms with Gasteiger partial charge in [-0.2, -0.15) is 0 Å². The molecule has 0 aromatic heterocycles. The normalized spacial score (nSPS) is 25.2. The highest BCUT2D eigenvalue weighted by atomic mass is 16.4. The summed E-state index contributed by atoms with van der Waals surface area (Å²) in [5.41, 5.74) is 2.43. The number of carboxylic acid groups (broad SMARTS) is 1. The fourth-order valence-corrected chi connectivity index (χ4v) is 3.47. The minimum absolute atomic E-state index is 0.173. The SMILES string of the molecule is Cc1cc(C(=O)O)ccc1N1CCC2NC(=O)CCC2C1. The van der Waals surface area contributed by atoms with E-state index in [9.17, 15) is 9.59 Å². The van der Waals surface area contributed by atoms with Crippen molar-refractivity contribution in [1.82, 2.24) is 5.32 Å². The van der Waals surface area contributed by atoms with Gasteiger partial charge >= 0.3 is 5.97 Å². The van der Waals surface area contributed by atoms with Crippen molar-refractivity contribution < 1.29 is 14.7 Å². The molecular weight excluding hydrogens is 268 g/mol. The Morgan fingerprint density at radius 3 is 2.90 bits per heavy atom. The number of nitrogens with zero attached hydrogens (tertiary/aromatic N) is 1. The topological polar surface area (TPSA) is 69.6 Å². The van der Waals surface area contributed by atoms with Gasteiger partial charge in [0.05, 0.1) is 5.56 Å². The Kier molecular flexibility index (Phi) is 3.57. The zero-order chi connectivity index (χ0) is 15.0. The fraction of sp³-hybridized carbons (Fsp3) is 0.500. The van der Waals surface area contributed by atoms with E-state index in [1.165, 1.54) is 0 Å². The number of carboxylic acids is 1. The van der Waals surface area contributed by atoms with Gasteiger partial charge in [-0.15, -0.1) is 0 Å². The first-order chi connectivity index (χ1) is 10.0. The van der Waals surface area contributed by atoms with Crippen LogP contribution in [0.3, 0.4) is 0 Å². The minimum atomic E-state index is -0.890. The summed E-state index contributed by atoms with van der Waals surface area (Å²) in [7, 11) is 0. The number of aromatic carboxylic acids is 1. The summed E-state index contributed by atoms with van der Waals surface area (Å²) in [5.74, 6) is -0.222. The first-order valence-corrected chi connectivity index (χ1v) is 7.43. The van der Waals surface area contributed by atoms with Crippen molar-refractivity contribution in [2.75, 3.05) is 18.0 Å². The smallest absolute Gasteiger partial charge is 0.335 e. The van der Waals surface area contributed by atoms with Gasteiger partial charge in [-0.3, -0.25) is 4.79 Å². The van der Waals surface area contributed by atoms with Crippen LogP contribution < -0.4 is 10.2 Å². The molecule has 0 bridgehead atoms. The molecule has 2 saturated heterocycles. The number of aryl methyl sites for hydroxylation is 1. The van der Waals surface area contributed by atoms with E-state index in [0.29, 0.717) is 23.9 Å². The molecule has 0 saturated carbocycles. The summed E-state index contributed by atoms with van der Waals surface area (Å²) in [6.45, 7) is 3.78. The Morgan fingerprint density at radius 2 is 2.19 bits per heavy atom. The molecule has 2 fully saturated rings. The Balaban J connectivity index is 1.76. The molecule has 2 heterocycles. The number of benzene rings is 1. The quantitative estimate of drug-likeness (QED) is 0.870. The lowest BCUT2D eigenvalue weighted by molar-refractivity contribution is -0.124. The largest absolute Gasteiger partial charge is 0.478 e. The molecule has 2 aliphatic rings. The summed E-state index contributed by atoms with van der Waals surface area (Å²) in [6.07, 6.45) is 2.52. The summed E-state index contributed by atoms with van der Waals surface area (Å²) in [5, 5.41) is 12.1. The van der Waals surface area contributed by atoms with Crippen molar-refractivity contribution >= 4 is 17.6 Å². The Morgan fingerprint density at radius 1 is 1.38 bits per heavy atom. The molecule has 3 rings (SSSR count). The van der Waals surface area contributed by atoms with Crippen molar-refractivity contribution in [3.63, 3.8) is 0 Å². The van der Waals surface area contributed by atoms with Gasteiger partial charge in [0.15, 0.2) is 0 Å². The first kappa shape index (κ1) is 13.9. The maximum Gasteiger partial charge on any atom is 0.335 e. The summed E-state index contributed by atoms with van der Waals surface area (Å²) < 4.78 is 0. The molecule has 112 valence electrons. The number of carbonyl (C=O) groups excluding carboxylic acids is 1. The van der Waals surface area contributed by atoms with E-state index in [1.807, 2.05) is 13.0 Å². The van der Waals surface area contributed by atoms with E-state index >= 15 is 0 Å². The lowest BCUT2D eigenvalue weighted by atomic mass is 9.85. The lowest BCUT2D eigenvalue weighted by Crippen LogP contribution is -2.54. The zero-order valence-corrected chi connectivity index (χ0v) is 12.1. The maximum absolute atomic E-state index is 11.4. The molecular formula is C16H20N2O3. The van der Waals surface area contributed by atoms with Gasteiger partial charge < -0.3 is 15.3 Å². The number of hydrogen-bond acceptors (Lipinski definition) is 3. The van der Waals surface area contributed by atoms with Gasteiger partial charge in [-0.25, -0.2) is 4.79 Å². The van der Waals surface area contributed by atoms with Crippen LogP contribution in [0.15, 0.2) is 18.2 Å². The van der Waals surface area contributed by atoms with Crippen molar-refractivity contribution in [3.8, 4) is 0 Å². The van der Waals surface area contributed by atoms with Crippen LogP contribution in [-0.2, 0) is 4.79 Å². The molecule has 1 aromatic rings. The van der Waals surface area contributed by atoms with Crippen LogP contribution in [0, 0.1) is 12.8 Å². The molecule has 0 spiro atoms. The van der Waals surface area contributed by atoms with Gasteiger partial charge in [0.1, 0.15) is 0 Å². The van der Waals surface area contributed by atoms with E-state index in [2.05, 4.69) is 10.2 Å². The predicted octanol–water partition coefficient (Wildman–Crippen LogP) is 1.80. The van der Waals surface area contributed by atoms with E-state index in [4.69, 9.17) is 5.11 Å². The monoisotopic (exact) mass is 288 g/mol. The van der Waals surface area contributed by atoms with E-state index in [1.54, 1.807) is 12.1 Å². The Bertz CT molecular complexity index is 585. The van der Waals surface area contributed by atoms with Gasteiger partial charge in [-0.05, 0) is 49.4 Å². The number of fused-ring (bicyclic) bond motifs is 1. The molecule has 21 heavy (non-hydrogen) atoms. The Hall–Kier alpha value is -2.04. The number of amides is 1. The highest BCUT2D eigenvalue weighted by Gasteiger charge is 2.34. The predicted molar refractivity (Wildman–Crippen MR) is 79.6 cm³/mol. The van der Waals surface area contributed by atoms with Crippen molar-refractivity contribution in [1.29, 1.82) is 0 Å². The van der Waals surface area contributed by atoms with Crippen LogP contribution in [-0.4, -0.2) is 36.1 Å². The highest BCUT2D eigenvalue weighted by Crippen LogP contribution is 2.30. The second-order valence-electron chi connectivity index (χ2n) is 6.01. The molecule has 2 aliphatic heterocycles. The number of hydrogen-bond donors (Lipinski definition) is 2.